The number of carboxylic acid groups (broad SMARTS) is 1. The van der Waals surface area contributed by atoms with E-state index < -0.39 is 5.97 Å². The third-order valence-electron chi connectivity index (χ3n) is 2.33. The van der Waals surface area contributed by atoms with Crippen molar-refractivity contribution in [1.29, 1.82) is 0 Å². The zero-order valence-electron chi connectivity index (χ0n) is 9.26. The summed E-state index contributed by atoms with van der Waals surface area (Å²) in [5, 5.41) is 19.2. The van der Waals surface area contributed by atoms with Gasteiger partial charge in [-0.05, 0) is 12.1 Å². The molecule has 94 valence electrons. The van der Waals surface area contributed by atoms with E-state index >= 15 is 0 Å². The summed E-state index contributed by atoms with van der Waals surface area (Å²) in [5.74, 6) is -1.02. The van der Waals surface area contributed by atoms with Gasteiger partial charge < -0.3 is 10.2 Å². The van der Waals surface area contributed by atoms with Crippen LogP contribution in [0.5, 0.6) is 0 Å². The average molecular weight is 284 g/mol. The highest BCUT2D eigenvalue weighted by Crippen LogP contribution is 2.29. The molecule has 0 radical (unpaired) electrons. The summed E-state index contributed by atoms with van der Waals surface area (Å²) in [4.78, 5) is 15.5. The second-order valence-electron chi connectivity index (χ2n) is 3.58. The number of aliphatic hydroxyl groups is 1. The van der Waals surface area contributed by atoms with Gasteiger partial charge in [0.1, 0.15) is 9.88 Å². The number of aliphatic hydroxyl groups excluding tert-OH is 1. The summed E-state index contributed by atoms with van der Waals surface area (Å²) in [5.41, 5.74) is 1.23. The molecule has 2 rings (SSSR count). The summed E-state index contributed by atoms with van der Waals surface area (Å²) in [7, 11) is 0. The molecule has 1 heterocycles. The van der Waals surface area contributed by atoms with Crippen molar-refractivity contribution in [2.75, 3.05) is 6.61 Å². The number of hydrogen-bond donors (Lipinski definition) is 2. The fourth-order valence-corrected chi connectivity index (χ4v) is 2.59. The summed E-state index contributed by atoms with van der Waals surface area (Å²) >= 11 is 6.89. The number of aromatic nitrogens is 1. The molecule has 6 heteroatoms. The average Bonchev–Trinajstić information content (AvgIpc) is 2.75. The molecule has 0 bridgehead atoms. The lowest BCUT2D eigenvalue weighted by molar-refractivity contribution is 0.0700. The lowest BCUT2D eigenvalue weighted by atomic mass is 10.2. The number of carbonyl (C=O) groups is 1. The Morgan fingerprint density at radius 1 is 1.33 bits per heavy atom. The van der Waals surface area contributed by atoms with E-state index in [9.17, 15) is 4.79 Å². The Kier molecular flexibility index (Phi) is 3.96. The Labute approximate surface area is 112 Å². The number of thiazole rings is 1. The Morgan fingerprint density at radius 3 is 2.56 bits per heavy atom. The molecule has 0 fully saturated rings. The van der Waals surface area contributed by atoms with E-state index in [1.165, 1.54) is 0 Å². The molecule has 1 aromatic carbocycles. The SMILES string of the molecule is O=C(O)c1sc(-c2ccc(Cl)cc2)nc1CCO. The van der Waals surface area contributed by atoms with Crippen molar-refractivity contribution in [3.05, 3.63) is 39.9 Å². The predicted molar refractivity (Wildman–Crippen MR) is 70.3 cm³/mol. The molecule has 0 aliphatic heterocycles. The van der Waals surface area contributed by atoms with E-state index in [4.69, 9.17) is 21.8 Å². The minimum absolute atomic E-state index is 0.121. The molecule has 0 unspecified atom stereocenters. The predicted octanol–water partition coefficient (Wildman–Crippen LogP) is 2.70. The van der Waals surface area contributed by atoms with E-state index in [2.05, 4.69) is 4.98 Å². The quantitative estimate of drug-likeness (QED) is 0.905. The topological polar surface area (TPSA) is 70.4 Å². The first-order valence-electron chi connectivity index (χ1n) is 5.21. The van der Waals surface area contributed by atoms with Gasteiger partial charge in [-0.2, -0.15) is 0 Å². The molecular formula is C12H10ClNO3S. The smallest absolute Gasteiger partial charge is 0.347 e. The number of benzene rings is 1. The van der Waals surface area contributed by atoms with Gasteiger partial charge in [-0.3, -0.25) is 0 Å². The van der Waals surface area contributed by atoms with Crippen LogP contribution in [-0.2, 0) is 6.42 Å². The number of rotatable bonds is 4. The van der Waals surface area contributed by atoms with Gasteiger partial charge in [-0.15, -0.1) is 11.3 Å². The maximum atomic E-state index is 11.1. The normalized spacial score (nSPS) is 10.6. The first-order chi connectivity index (χ1) is 8.61. The molecule has 0 saturated carbocycles. The number of hydrogen-bond acceptors (Lipinski definition) is 4. The van der Waals surface area contributed by atoms with Crippen LogP contribution in [0.1, 0.15) is 15.4 Å². The van der Waals surface area contributed by atoms with E-state index in [1.54, 1.807) is 24.3 Å². The minimum Gasteiger partial charge on any atom is -0.477 e. The Hall–Kier alpha value is -1.43. The van der Waals surface area contributed by atoms with Crippen LogP contribution in [0.2, 0.25) is 5.02 Å². The Morgan fingerprint density at radius 2 is 2.00 bits per heavy atom. The van der Waals surface area contributed by atoms with Gasteiger partial charge in [0.05, 0.1) is 5.69 Å². The van der Waals surface area contributed by atoms with E-state index in [0.717, 1.165) is 16.9 Å². The molecule has 2 aromatic rings. The van der Waals surface area contributed by atoms with Crippen LogP contribution in [-0.4, -0.2) is 27.8 Å². The van der Waals surface area contributed by atoms with Gasteiger partial charge in [0, 0.05) is 23.6 Å². The number of aromatic carboxylic acids is 1. The van der Waals surface area contributed by atoms with Crippen molar-refractivity contribution in [2.24, 2.45) is 0 Å². The van der Waals surface area contributed by atoms with Crippen molar-refractivity contribution in [2.45, 2.75) is 6.42 Å². The third kappa shape index (κ3) is 2.69. The summed E-state index contributed by atoms with van der Waals surface area (Å²) in [6.07, 6.45) is 0.242. The van der Waals surface area contributed by atoms with Gasteiger partial charge in [-0.1, -0.05) is 23.7 Å². The molecule has 4 nitrogen and oxygen atoms in total. The van der Waals surface area contributed by atoms with Gasteiger partial charge in [0.15, 0.2) is 0 Å². The highest BCUT2D eigenvalue weighted by atomic mass is 35.5. The van der Waals surface area contributed by atoms with Crippen molar-refractivity contribution in [3.63, 3.8) is 0 Å². The molecule has 0 amide bonds. The molecule has 2 N–H and O–H groups in total. The zero-order valence-corrected chi connectivity index (χ0v) is 10.8. The maximum absolute atomic E-state index is 11.1. The summed E-state index contributed by atoms with van der Waals surface area (Å²) < 4.78 is 0. The fourth-order valence-electron chi connectivity index (χ4n) is 1.51. The summed E-state index contributed by atoms with van der Waals surface area (Å²) in [6, 6.07) is 7.03. The van der Waals surface area contributed by atoms with Crippen molar-refractivity contribution in [3.8, 4) is 10.6 Å². The largest absolute Gasteiger partial charge is 0.477 e. The van der Waals surface area contributed by atoms with Gasteiger partial charge in [0.25, 0.3) is 0 Å². The Bertz CT molecular complexity index is 565. The second kappa shape index (κ2) is 5.48. The van der Waals surface area contributed by atoms with Crippen LogP contribution in [0.15, 0.2) is 24.3 Å². The standard InChI is InChI=1S/C12H10ClNO3S/c13-8-3-1-7(2-4-8)11-14-9(5-6-15)10(18-11)12(16)17/h1-4,15H,5-6H2,(H,16,17). The molecule has 1 aromatic heterocycles. The molecule has 0 spiro atoms. The maximum Gasteiger partial charge on any atom is 0.347 e. The monoisotopic (exact) mass is 283 g/mol. The van der Waals surface area contributed by atoms with E-state index in [0.29, 0.717) is 15.7 Å². The summed E-state index contributed by atoms with van der Waals surface area (Å²) in [6.45, 7) is -0.121. The Balaban J connectivity index is 2.42. The van der Waals surface area contributed by atoms with Crippen LogP contribution >= 0.6 is 22.9 Å². The molecule has 0 aliphatic rings. The number of nitrogens with zero attached hydrogens (tertiary/aromatic N) is 1. The number of halogens is 1. The third-order valence-corrected chi connectivity index (χ3v) is 3.72. The van der Waals surface area contributed by atoms with Gasteiger partial charge >= 0.3 is 5.97 Å². The second-order valence-corrected chi connectivity index (χ2v) is 5.02. The fraction of sp³-hybridized carbons (Fsp3) is 0.167. The minimum atomic E-state index is -1.02. The lowest BCUT2D eigenvalue weighted by Gasteiger charge is -1.95. The lowest BCUT2D eigenvalue weighted by Crippen LogP contribution is -2.01. The van der Waals surface area contributed by atoms with Crippen LogP contribution in [0, 0.1) is 0 Å². The first-order valence-corrected chi connectivity index (χ1v) is 6.41. The van der Waals surface area contributed by atoms with Gasteiger partial charge in [-0.25, -0.2) is 9.78 Å². The van der Waals surface area contributed by atoms with Crippen molar-refractivity contribution in [1.82, 2.24) is 4.98 Å². The molecule has 0 saturated heterocycles. The molecular weight excluding hydrogens is 274 g/mol. The van der Waals surface area contributed by atoms with Crippen LogP contribution < -0.4 is 0 Å². The van der Waals surface area contributed by atoms with Gasteiger partial charge in [0.2, 0.25) is 0 Å². The molecule has 0 aliphatic carbocycles. The highest BCUT2D eigenvalue weighted by Gasteiger charge is 2.17. The van der Waals surface area contributed by atoms with E-state index in [-0.39, 0.29) is 17.9 Å². The molecule has 0 atom stereocenters. The highest BCUT2D eigenvalue weighted by molar-refractivity contribution is 7.17. The van der Waals surface area contributed by atoms with Crippen LogP contribution in [0.4, 0.5) is 0 Å². The van der Waals surface area contributed by atoms with E-state index in [1.807, 2.05) is 0 Å². The van der Waals surface area contributed by atoms with Crippen LogP contribution in [0.25, 0.3) is 10.6 Å². The van der Waals surface area contributed by atoms with Crippen molar-refractivity contribution >= 4 is 28.9 Å². The zero-order chi connectivity index (χ0) is 13.1. The molecule has 18 heavy (non-hydrogen) atoms. The first kappa shape index (κ1) is 13.0. The number of carboxylic acids is 1. The van der Waals surface area contributed by atoms with Crippen LogP contribution in [0.3, 0.4) is 0 Å². The van der Waals surface area contributed by atoms with Crippen molar-refractivity contribution < 1.29 is 15.0 Å².